The van der Waals surface area contributed by atoms with Gasteiger partial charge in [-0.05, 0) is 40.5 Å². The summed E-state index contributed by atoms with van der Waals surface area (Å²) in [6.45, 7) is 8.33. The van der Waals surface area contributed by atoms with Gasteiger partial charge in [-0.1, -0.05) is 19.3 Å². The van der Waals surface area contributed by atoms with Crippen molar-refractivity contribution in [2.45, 2.75) is 78.3 Å². The summed E-state index contributed by atoms with van der Waals surface area (Å²) < 4.78 is 11.8. The molecule has 0 aromatic carbocycles. The van der Waals surface area contributed by atoms with Crippen LogP contribution in [0.5, 0.6) is 0 Å². The van der Waals surface area contributed by atoms with Gasteiger partial charge in [0.1, 0.15) is 0 Å². The zero-order valence-electron chi connectivity index (χ0n) is 10.7. The van der Waals surface area contributed by atoms with Crippen LogP contribution in [0, 0.1) is 5.92 Å². The van der Waals surface area contributed by atoms with E-state index in [1.165, 1.54) is 32.1 Å². The van der Waals surface area contributed by atoms with E-state index in [9.17, 15) is 0 Å². The fourth-order valence-electron chi connectivity index (χ4n) is 2.20. The first-order valence-electron chi connectivity index (χ1n) is 6.40. The van der Waals surface area contributed by atoms with Gasteiger partial charge in [0.2, 0.25) is 0 Å². The monoisotopic (exact) mass is 214 g/mol. The molecule has 0 aromatic rings. The molecular weight excluding hydrogens is 188 g/mol. The van der Waals surface area contributed by atoms with Gasteiger partial charge in [0.25, 0.3) is 0 Å². The van der Waals surface area contributed by atoms with Gasteiger partial charge >= 0.3 is 0 Å². The predicted octanol–water partition coefficient (Wildman–Crippen LogP) is 3.74. The third kappa shape index (κ3) is 4.98. The summed E-state index contributed by atoms with van der Waals surface area (Å²) in [6.07, 6.45) is 7.13. The van der Waals surface area contributed by atoms with Crippen molar-refractivity contribution in [3.63, 3.8) is 0 Å². The van der Waals surface area contributed by atoms with Gasteiger partial charge in [-0.3, -0.25) is 0 Å². The molecule has 0 amide bonds. The van der Waals surface area contributed by atoms with E-state index in [2.05, 4.69) is 27.7 Å². The topological polar surface area (TPSA) is 18.5 Å². The van der Waals surface area contributed by atoms with Gasteiger partial charge in [-0.15, -0.1) is 0 Å². The standard InChI is InChI=1S/C13H26O2/c1-10(2)14-13(15-11(3)4)12-8-6-5-7-9-12/h10-13H,5-9H2,1-4H3. The van der Waals surface area contributed by atoms with Crippen LogP contribution in [0.15, 0.2) is 0 Å². The van der Waals surface area contributed by atoms with Crippen LogP contribution in [-0.4, -0.2) is 18.5 Å². The highest BCUT2D eigenvalue weighted by molar-refractivity contribution is 4.70. The van der Waals surface area contributed by atoms with Gasteiger partial charge < -0.3 is 9.47 Å². The molecule has 0 aliphatic heterocycles. The lowest BCUT2D eigenvalue weighted by molar-refractivity contribution is -0.211. The normalized spacial score (nSPS) is 19.4. The molecular formula is C13H26O2. The molecule has 90 valence electrons. The lowest BCUT2D eigenvalue weighted by atomic mass is 9.88. The summed E-state index contributed by atoms with van der Waals surface area (Å²) in [5, 5.41) is 0. The summed E-state index contributed by atoms with van der Waals surface area (Å²) in [5.74, 6) is 0.614. The van der Waals surface area contributed by atoms with E-state index in [0.29, 0.717) is 5.92 Å². The summed E-state index contributed by atoms with van der Waals surface area (Å²) in [4.78, 5) is 0. The number of hydrogen-bond donors (Lipinski definition) is 0. The van der Waals surface area contributed by atoms with Gasteiger partial charge in [-0.2, -0.15) is 0 Å². The van der Waals surface area contributed by atoms with Crippen LogP contribution < -0.4 is 0 Å². The molecule has 1 aliphatic carbocycles. The van der Waals surface area contributed by atoms with E-state index in [4.69, 9.17) is 9.47 Å². The molecule has 0 radical (unpaired) electrons. The molecule has 1 rings (SSSR count). The molecule has 0 bridgehead atoms. The smallest absolute Gasteiger partial charge is 0.161 e. The Balaban J connectivity index is 2.45. The van der Waals surface area contributed by atoms with Crippen molar-refractivity contribution in [2.24, 2.45) is 5.92 Å². The largest absolute Gasteiger partial charge is 0.350 e. The minimum atomic E-state index is 0.0188. The fraction of sp³-hybridized carbons (Fsp3) is 1.00. The summed E-state index contributed by atoms with van der Waals surface area (Å²) in [7, 11) is 0. The number of hydrogen-bond acceptors (Lipinski definition) is 2. The molecule has 0 N–H and O–H groups in total. The first-order valence-corrected chi connectivity index (χ1v) is 6.40. The molecule has 1 fully saturated rings. The molecule has 0 heterocycles. The summed E-state index contributed by atoms with van der Waals surface area (Å²) >= 11 is 0. The number of ether oxygens (including phenoxy) is 2. The maximum Gasteiger partial charge on any atom is 0.161 e. The van der Waals surface area contributed by atoms with E-state index in [1.807, 2.05) is 0 Å². The number of rotatable bonds is 5. The van der Waals surface area contributed by atoms with Crippen LogP contribution >= 0.6 is 0 Å². The minimum absolute atomic E-state index is 0.0188. The second-order valence-corrected chi connectivity index (χ2v) is 5.14. The molecule has 1 saturated carbocycles. The minimum Gasteiger partial charge on any atom is -0.350 e. The molecule has 0 atom stereocenters. The first kappa shape index (κ1) is 13.0. The highest BCUT2D eigenvalue weighted by atomic mass is 16.7. The van der Waals surface area contributed by atoms with Crippen LogP contribution in [-0.2, 0) is 9.47 Å². The summed E-state index contributed by atoms with van der Waals surface area (Å²) in [5.41, 5.74) is 0. The van der Waals surface area contributed by atoms with Crippen LogP contribution in [0.25, 0.3) is 0 Å². The second kappa shape index (κ2) is 6.49. The molecule has 0 spiro atoms. The average Bonchev–Trinajstić information content (AvgIpc) is 2.17. The van der Waals surface area contributed by atoms with Crippen molar-refractivity contribution >= 4 is 0 Å². The molecule has 0 unspecified atom stereocenters. The van der Waals surface area contributed by atoms with Crippen molar-refractivity contribution in [1.82, 2.24) is 0 Å². The van der Waals surface area contributed by atoms with Crippen LogP contribution in [0.3, 0.4) is 0 Å². The van der Waals surface area contributed by atoms with Crippen molar-refractivity contribution < 1.29 is 9.47 Å². The van der Waals surface area contributed by atoms with Crippen molar-refractivity contribution in [3.8, 4) is 0 Å². The highest BCUT2D eigenvalue weighted by Crippen LogP contribution is 2.29. The Hall–Kier alpha value is -0.0800. The Kier molecular flexibility index (Phi) is 5.62. The van der Waals surface area contributed by atoms with Crippen LogP contribution in [0.2, 0.25) is 0 Å². The Morgan fingerprint density at radius 2 is 1.27 bits per heavy atom. The van der Waals surface area contributed by atoms with Crippen molar-refractivity contribution in [1.29, 1.82) is 0 Å². The Bertz CT molecular complexity index is 150. The Morgan fingerprint density at radius 3 is 1.67 bits per heavy atom. The molecule has 2 heteroatoms. The van der Waals surface area contributed by atoms with Gasteiger partial charge in [0.15, 0.2) is 6.29 Å². The Labute approximate surface area is 94.3 Å². The summed E-state index contributed by atoms with van der Waals surface area (Å²) in [6, 6.07) is 0. The van der Waals surface area contributed by atoms with Crippen LogP contribution in [0.1, 0.15) is 59.8 Å². The van der Waals surface area contributed by atoms with Crippen molar-refractivity contribution in [3.05, 3.63) is 0 Å². The molecule has 15 heavy (non-hydrogen) atoms. The van der Waals surface area contributed by atoms with E-state index in [0.717, 1.165) is 0 Å². The van der Waals surface area contributed by atoms with Crippen LogP contribution in [0.4, 0.5) is 0 Å². The van der Waals surface area contributed by atoms with Crippen molar-refractivity contribution in [2.75, 3.05) is 0 Å². The predicted molar refractivity (Wildman–Crippen MR) is 62.8 cm³/mol. The lowest BCUT2D eigenvalue weighted by Crippen LogP contribution is -2.33. The molecule has 1 aliphatic rings. The zero-order valence-corrected chi connectivity index (χ0v) is 10.7. The second-order valence-electron chi connectivity index (χ2n) is 5.14. The Morgan fingerprint density at radius 1 is 0.800 bits per heavy atom. The SMILES string of the molecule is CC(C)OC(OC(C)C)C1CCCCC1. The van der Waals surface area contributed by atoms with Gasteiger partial charge in [0, 0.05) is 5.92 Å². The quantitative estimate of drug-likeness (QED) is 0.649. The maximum absolute atomic E-state index is 5.88. The molecule has 0 saturated heterocycles. The third-order valence-corrected chi connectivity index (χ3v) is 2.85. The van der Waals surface area contributed by atoms with E-state index in [-0.39, 0.29) is 18.5 Å². The maximum atomic E-state index is 5.88. The van der Waals surface area contributed by atoms with E-state index < -0.39 is 0 Å². The highest BCUT2D eigenvalue weighted by Gasteiger charge is 2.26. The average molecular weight is 214 g/mol. The fourth-order valence-corrected chi connectivity index (χ4v) is 2.20. The molecule has 2 nitrogen and oxygen atoms in total. The van der Waals surface area contributed by atoms with Gasteiger partial charge in [-0.25, -0.2) is 0 Å². The third-order valence-electron chi connectivity index (χ3n) is 2.85. The van der Waals surface area contributed by atoms with Gasteiger partial charge in [0.05, 0.1) is 12.2 Å². The van der Waals surface area contributed by atoms with E-state index >= 15 is 0 Å². The first-order chi connectivity index (χ1) is 7.09. The molecule has 0 aromatic heterocycles. The lowest BCUT2D eigenvalue weighted by Gasteiger charge is -2.32. The van der Waals surface area contributed by atoms with E-state index in [1.54, 1.807) is 0 Å². The zero-order chi connectivity index (χ0) is 11.3.